The third-order valence-corrected chi connectivity index (χ3v) is 3.26. The van der Waals surface area contributed by atoms with Gasteiger partial charge in [-0.15, -0.1) is 0 Å². The first-order valence-electron chi connectivity index (χ1n) is 5.83. The molecule has 1 unspecified atom stereocenters. The van der Waals surface area contributed by atoms with E-state index in [2.05, 4.69) is 26.6 Å². The smallest absolute Gasteiger partial charge is 0.223 e. The van der Waals surface area contributed by atoms with Gasteiger partial charge in [0, 0.05) is 6.92 Å². The van der Waals surface area contributed by atoms with Gasteiger partial charge < -0.3 is 15.5 Å². The molecule has 0 spiro atoms. The highest BCUT2D eigenvalue weighted by Gasteiger charge is 2.36. The lowest BCUT2D eigenvalue weighted by Gasteiger charge is -2.23. The zero-order valence-electron chi connectivity index (χ0n) is 10.6. The SMILES string of the molecule is CC1=C(C2C(C#N)=C(N)Nc3oc(C)nc32)CN=N1. The summed E-state index contributed by atoms with van der Waals surface area (Å²) in [6.07, 6.45) is 0. The fourth-order valence-corrected chi connectivity index (χ4v) is 2.37. The summed E-state index contributed by atoms with van der Waals surface area (Å²) in [5.41, 5.74) is 8.74. The van der Waals surface area contributed by atoms with Crippen LogP contribution in [0.25, 0.3) is 0 Å². The molecule has 3 rings (SSSR count). The number of allylic oxidation sites excluding steroid dienone is 2. The number of fused-ring (bicyclic) bond motifs is 1. The number of nitrogens with zero attached hydrogens (tertiary/aromatic N) is 4. The molecule has 0 bridgehead atoms. The van der Waals surface area contributed by atoms with Crippen LogP contribution < -0.4 is 11.1 Å². The summed E-state index contributed by atoms with van der Waals surface area (Å²) in [7, 11) is 0. The Kier molecular flexibility index (Phi) is 2.38. The van der Waals surface area contributed by atoms with Crippen molar-refractivity contribution < 1.29 is 4.42 Å². The summed E-state index contributed by atoms with van der Waals surface area (Å²) in [6.45, 7) is 4.08. The molecular weight excluding hydrogens is 244 g/mol. The largest absolute Gasteiger partial charge is 0.425 e. The predicted octanol–water partition coefficient (Wildman–Crippen LogP) is 1.93. The number of nitrogens with two attached hydrogens (primary N) is 1. The summed E-state index contributed by atoms with van der Waals surface area (Å²) in [6, 6.07) is 2.14. The normalized spacial score (nSPS) is 21.4. The molecule has 0 aromatic carbocycles. The fraction of sp³-hybridized carbons (Fsp3) is 0.333. The highest BCUT2D eigenvalue weighted by Crippen LogP contribution is 2.42. The number of aryl methyl sites for hydroxylation is 1. The molecule has 1 atom stereocenters. The number of anilines is 1. The first-order chi connectivity index (χ1) is 9.11. The average molecular weight is 256 g/mol. The molecule has 7 nitrogen and oxygen atoms in total. The van der Waals surface area contributed by atoms with E-state index in [0.29, 0.717) is 35.4 Å². The molecule has 2 aliphatic rings. The molecule has 3 N–H and O–H groups in total. The van der Waals surface area contributed by atoms with Crippen LogP contribution in [0.1, 0.15) is 24.4 Å². The number of hydrogen-bond acceptors (Lipinski definition) is 7. The monoisotopic (exact) mass is 256 g/mol. The third kappa shape index (κ3) is 1.61. The van der Waals surface area contributed by atoms with Gasteiger partial charge in [0.25, 0.3) is 0 Å². The lowest BCUT2D eigenvalue weighted by molar-refractivity contribution is 0.533. The number of nitrogens with one attached hydrogen (secondary N) is 1. The highest BCUT2D eigenvalue weighted by molar-refractivity contribution is 5.61. The maximum absolute atomic E-state index is 9.34. The van der Waals surface area contributed by atoms with Crippen LogP contribution in [0.4, 0.5) is 5.88 Å². The van der Waals surface area contributed by atoms with Crippen LogP contribution in [0.5, 0.6) is 0 Å². The Morgan fingerprint density at radius 2 is 2.26 bits per heavy atom. The first-order valence-corrected chi connectivity index (χ1v) is 5.83. The van der Waals surface area contributed by atoms with Crippen molar-refractivity contribution in [1.29, 1.82) is 5.26 Å². The molecule has 19 heavy (non-hydrogen) atoms. The maximum atomic E-state index is 9.34. The van der Waals surface area contributed by atoms with Crippen LogP contribution >= 0.6 is 0 Å². The zero-order valence-corrected chi connectivity index (χ0v) is 10.6. The zero-order chi connectivity index (χ0) is 13.6. The number of oxazole rings is 1. The lowest BCUT2D eigenvalue weighted by atomic mass is 9.86. The van der Waals surface area contributed by atoms with Gasteiger partial charge in [-0.25, -0.2) is 4.98 Å². The first kappa shape index (κ1) is 11.5. The van der Waals surface area contributed by atoms with Gasteiger partial charge >= 0.3 is 0 Å². The van der Waals surface area contributed by atoms with Gasteiger partial charge in [-0.1, -0.05) is 0 Å². The van der Waals surface area contributed by atoms with E-state index in [1.165, 1.54) is 0 Å². The minimum atomic E-state index is -0.325. The summed E-state index contributed by atoms with van der Waals surface area (Å²) >= 11 is 0. The molecule has 0 fully saturated rings. The Bertz CT molecular complexity index is 688. The van der Waals surface area contributed by atoms with Crippen molar-refractivity contribution in [3.63, 3.8) is 0 Å². The van der Waals surface area contributed by atoms with E-state index in [0.717, 1.165) is 11.3 Å². The number of hydrogen-bond donors (Lipinski definition) is 2. The van der Waals surface area contributed by atoms with Crippen molar-refractivity contribution in [2.24, 2.45) is 16.0 Å². The van der Waals surface area contributed by atoms with E-state index in [4.69, 9.17) is 10.2 Å². The molecule has 1 aromatic rings. The van der Waals surface area contributed by atoms with E-state index in [9.17, 15) is 5.26 Å². The quantitative estimate of drug-likeness (QED) is 0.797. The van der Waals surface area contributed by atoms with Crippen LogP contribution in [0.15, 0.2) is 37.3 Å². The molecular formula is C12H12N6O. The molecule has 96 valence electrons. The number of rotatable bonds is 1. The Morgan fingerprint density at radius 1 is 1.47 bits per heavy atom. The van der Waals surface area contributed by atoms with Crippen LogP contribution in [-0.4, -0.2) is 11.5 Å². The Balaban J connectivity index is 2.19. The molecule has 7 heteroatoms. The molecule has 1 aromatic heterocycles. The second-order valence-electron chi connectivity index (χ2n) is 4.45. The second-order valence-corrected chi connectivity index (χ2v) is 4.45. The Morgan fingerprint density at radius 3 is 2.89 bits per heavy atom. The molecule has 0 saturated heterocycles. The summed E-state index contributed by atoms with van der Waals surface area (Å²) in [5, 5.41) is 20.2. The molecule has 0 aliphatic carbocycles. The summed E-state index contributed by atoms with van der Waals surface area (Å²) < 4.78 is 5.46. The number of nitriles is 1. The fourth-order valence-electron chi connectivity index (χ4n) is 2.37. The average Bonchev–Trinajstić information content (AvgIpc) is 2.92. The molecule has 0 radical (unpaired) electrons. The van der Waals surface area contributed by atoms with Gasteiger partial charge in [-0.3, -0.25) is 0 Å². The van der Waals surface area contributed by atoms with E-state index < -0.39 is 0 Å². The van der Waals surface area contributed by atoms with Crippen LogP contribution in [-0.2, 0) is 0 Å². The second kappa shape index (κ2) is 3.95. The van der Waals surface area contributed by atoms with Gasteiger partial charge in [0.1, 0.15) is 11.5 Å². The standard InChI is InChI=1S/C12H12N6O/c1-5-8(4-15-18-5)9-7(3-13)11(14)17-12-10(9)16-6(2)19-12/h9,17H,4,14H2,1-2H3. The van der Waals surface area contributed by atoms with Crippen LogP contribution in [0.2, 0.25) is 0 Å². The minimum absolute atomic E-state index is 0.295. The van der Waals surface area contributed by atoms with Gasteiger partial charge in [-0.05, 0) is 12.5 Å². The van der Waals surface area contributed by atoms with Crippen LogP contribution in [0, 0.1) is 18.3 Å². The van der Waals surface area contributed by atoms with Crippen LogP contribution in [0.3, 0.4) is 0 Å². The van der Waals surface area contributed by atoms with Crippen molar-refractivity contribution in [2.45, 2.75) is 19.8 Å². The van der Waals surface area contributed by atoms with E-state index in [1.54, 1.807) is 6.92 Å². The summed E-state index contributed by atoms with van der Waals surface area (Å²) in [4.78, 5) is 4.36. The molecule has 0 amide bonds. The van der Waals surface area contributed by atoms with E-state index in [-0.39, 0.29) is 5.92 Å². The molecule has 3 heterocycles. The van der Waals surface area contributed by atoms with Gasteiger partial charge in [0.05, 0.1) is 29.8 Å². The number of azo groups is 1. The van der Waals surface area contributed by atoms with E-state index in [1.807, 2.05) is 6.92 Å². The molecule has 2 aliphatic heterocycles. The van der Waals surface area contributed by atoms with Crippen molar-refractivity contribution in [2.75, 3.05) is 11.9 Å². The summed E-state index contributed by atoms with van der Waals surface area (Å²) in [5.74, 6) is 0.989. The Labute approximate surface area is 109 Å². The van der Waals surface area contributed by atoms with Crippen molar-refractivity contribution in [3.8, 4) is 6.07 Å². The molecule has 0 saturated carbocycles. The van der Waals surface area contributed by atoms with Gasteiger partial charge in [0.15, 0.2) is 5.89 Å². The van der Waals surface area contributed by atoms with Crippen molar-refractivity contribution in [3.05, 3.63) is 34.2 Å². The van der Waals surface area contributed by atoms with E-state index >= 15 is 0 Å². The minimum Gasteiger partial charge on any atom is -0.425 e. The maximum Gasteiger partial charge on any atom is 0.223 e. The highest BCUT2D eigenvalue weighted by atomic mass is 16.4. The van der Waals surface area contributed by atoms with Crippen molar-refractivity contribution in [1.82, 2.24) is 4.98 Å². The topological polar surface area (TPSA) is 113 Å². The van der Waals surface area contributed by atoms with Gasteiger partial charge in [0.2, 0.25) is 5.88 Å². The number of aromatic nitrogens is 1. The predicted molar refractivity (Wildman–Crippen MR) is 66.9 cm³/mol. The third-order valence-electron chi connectivity index (χ3n) is 3.26. The van der Waals surface area contributed by atoms with Gasteiger partial charge in [-0.2, -0.15) is 15.5 Å². The lowest BCUT2D eigenvalue weighted by Crippen LogP contribution is -2.23. The van der Waals surface area contributed by atoms with Crippen molar-refractivity contribution >= 4 is 5.88 Å². The Hall–Kier alpha value is -2.62.